The zero-order chi connectivity index (χ0) is 10.0. The van der Waals surface area contributed by atoms with E-state index in [1.54, 1.807) is 0 Å². The van der Waals surface area contributed by atoms with Gasteiger partial charge in [0.2, 0.25) is 0 Å². The van der Waals surface area contributed by atoms with Gasteiger partial charge in [0, 0.05) is 0 Å². The van der Waals surface area contributed by atoms with Gasteiger partial charge in [0.05, 0.1) is 23.3 Å². The minimum atomic E-state index is 0.597. The van der Waals surface area contributed by atoms with Crippen molar-refractivity contribution in [1.82, 2.24) is 0 Å². The van der Waals surface area contributed by atoms with Crippen LogP contribution in [0.3, 0.4) is 0 Å². The standard InChI is InChI=1S/C11H10N2/c1-7-4-10(5-12)9(3)11(6-13)8(7)2/h4H,1-3H3. The lowest BCUT2D eigenvalue weighted by atomic mass is 9.95. The van der Waals surface area contributed by atoms with E-state index in [9.17, 15) is 0 Å². The van der Waals surface area contributed by atoms with Crippen molar-refractivity contribution in [3.05, 3.63) is 33.9 Å². The second kappa shape index (κ2) is 3.29. The van der Waals surface area contributed by atoms with E-state index in [1.165, 1.54) is 0 Å². The molecule has 0 unspecified atom stereocenters. The number of hydrogen-bond donors (Lipinski definition) is 0. The molecule has 0 N–H and O–H groups in total. The summed E-state index contributed by atoms with van der Waals surface area (Å²) in [6.07, 6.45) is 0. The van der Waals surface area contributed by atoms with Crippen molar-refractivity contribution >= 4 is 0 Å². The molecule has 0 saturated heterocycles. The van der Waals surface area contributed by atoms with Crippen molar-refractivity contribution in [2.45, 2.75) is 20.8 Å². The van der Waals surface area contributed by atoms with Gasteiger partial charge in [-0.1, -0.05) is 0 Å². The van der Waals surface area contributed by atoms with Gasteiger partial charge in [-0.15, -0.1) is 0 Å². The Labute approximate surface area is 78.0 Å². The molecule has 0 saturated carbocycles. The molecule has 0 spiro atoms. The molecule has 0 heterocycles. The molecule has 64 valence electrons. The van der Waals surface area contributed by atoms with Gasteiger partial charge < -0.3 is 0 Å². The first kappa shape index (κ1) is 9.29. The van der Waals surface area contributed by atoms with Crippen LogP contribution in [0.4, 0.5) is 0 Å². The van der Waals surface area contributed by atoms with Crippen LogP contribution < -0.4 is 0 Å². The van der Waals surface area contributed by atoms with Crippen LogP contribution in [0.15, 0.2) is 6.07 Å². The topological polar surface area (TPSA) is 47.6 Å². The van der Waals surface area contributed by atoms with Crippen LogP contribution in [-0.2, 0) is 0 Å². The monoisotopic (exact) mass is 170 g/mol. The van der Waals surface area contributed by atoms with Crippen LogP contribution in [0.25, 0.3) is 0 Å². The Morgan fingerprint density at radius 3 is 2.08 bits per heavy atom. The molecule has 0 radical (unpaired) electrons. The third-order valence-corrected chi connectivity index (χ3v) is 2.34. The van der Waals surface area contributed by atoms with Crippen LogP contribution in [0.1, 0.15) is 27.8 Å². The number of rotatable bonds is 0. The average Bonchev–Trinajstić information content (AvgIpc) is 2.12. The fourth-order valence-corrected chi connectivity index (χ4v) is 1.33. The number of aryl methyl sites for hydroxylation is 1. The Bertz CT molecular complexity index is 431. The molecule has 1 rings (SSSR count). The second-order valence-electron chi connectivity index (χ2n) is 3.09. The first-order chi connectivity index (χ1) is 6.11. The van der Waals surface area contributed by atoms with Crippen molar-refractivity contribution in [1.29, 1.82) is 10.5 Å². The predicted molar refractivity (Wildman–Crippen MR) is 50.1 cm³/mol. The van der Waals surface area contributed by atoms with Gasteiger partial charge in [-0.3, -0.25) is 0 Å². The van der Waals surface area contributed by atoms with Gasteiger partial charge >= 0.3 is 0 Å². The lowest BCUT2D eigenvalue weighted by Crippen LogP contribution is -1.95. The average molecular weight is 170 g/mol. The molecule has 1 aromatic rings. The summed E-state index contributed by atoms with van der Waals surface area (Å²) in [5.41, 5.74) is 3.99. The van der Waals surface area contributed by atoms with E-state index in [-0.39, 0.29) is 0 Å². The molecule has 2 nitrogen and oxygen atoms in total. The molecule has 0 atom stereocenters. The summed E-state index contributed by atoms with van der Waals surface area (Å²) in [4.78, 5) is 0. The Morgan fingerprint density at radius 1 is 1.00 bits per heavy atom. The maximum Gasteiger partial charge on any atom is 0.0997 e. The highest BCUT2D eigenvalue weighted by atomic mass is 14.3. The smallest absolute Gasteiger partial charge is 0.0997 e. The van der Waals surface area contributed by atoms with Gasteiger partial charge in [-0.2, -0.15) is 10.5 Å². The predicted octanol–water partition coefficient (Wildman–Crippen LogP) is 2.36. The first-order valence-corrected chi connectivity index (χ1v) is 4.02. The fraction of sp³-hybridized carbons (Fsp3) is 0.273. The largest absolute Gasteiger partial charge is 0.192 e. The van der Waals surface area contributed by atoms with E-state index in [2.05, 4.69) is 12.1 Å². The molecule has 0 aliphatic carbocycles. The Balaban J connectivity index is 3.63. The van der Waals surface area contributed by atoms with Crippen molar-refractivity contribution in [3.8, 4) is 12.1 Å². The second-order valence-corrected chi connectivity index (χ2v) is 3.09. The SMILES string of the molecule is Cc1cc(C#N)c(C)c(C#N)c1C. The normalized spacial score (nSPS) is 9.00. The molecule has 2 heteroatoms. The highest BCUT2D eigenvalue weighted by Crippen LogP contribution is 2.20. The van der Waals surface area contributed by atoms with Crippen molar-refractivity contribution in [3.63, 3.8) is 0 Å². The number of hydrogen-bond acceptors (Lipinski definition) is 2. The summed E-state index contributed by atoms with van der Waals surface area (Å²) in [7, 11) is 0. The van der Waals surface area contributed by atoms with E-state index in [0.717, 1.165) is 16.7 Å². The first-order valence-electron chi connectivity index (χ1n) is 4.02. The summed E-state index contributed by atoms with van der Waals surface area (Å²) >= 11 is 0. The third-order valence-electron chi connectivity index (χ3n) is 2.34. The quantitative estimate of drug-likeness (QED) is 0.600. The maximum atomic E-state index is 8.88. The Morgan fingerprint density at radius 2 is 1.62 bits per heavy atom. The van der Waals surface area contributed by atoms with Crippen LogP contribution >= 0.6 is 0 Å². The Kier molecular flexibility index (Phi) is 2.35. The Hall–Kier alpha value is -1.80. The van der Waals surface area contributed by atoms with Crippen LogP contribution in [0.5, 0.6) is 0 Å². The van der Waals surface area contributed by atoms with E-state index >= 15 is 0 Å². The lowest BCUT2D eigenvalue weighted by Gasteiger charge is -2.07. The lowest BCUT2D eigenvalue weighted by molar-refractivity contribution is 1.24. The van der Waals surface area contributed by atoms with Crippen LogP contribution in [0.2, 0.25) is 0 Å². The molecule has 0 amide bonds. The summed E-state index contributed by atoms with van der Waals surface area (Å²) in [6, 6.07) is 6.04. The van der Waals surface area contributed by atoms with E-state index in [0.29, 0.717) is 11.1 Å². The van der Waals surface area contributed by atoms with Crippen LogP contribution in [0, 0.1) is 43.4 Å². The summed E-state index contributed by atoms with van der Waals surface area (Å²) in [5.74, 6) is 0. The van der Waals surface area contributed by atoms with Gasteiger partial charge in [-0.05, 0) is 43.5 Å². The summed E-state index contributed by atoms with van der Waals surface area (Å²) in [6.45, 7) is 5.63. The van der Waals surface area contributed by atoms with Crippen molar-refractivity contribution in [2.75, 3.05) is 0 Å². The molecule has 0 aliphatic heterocycles. The minimum absolute atomic E-state index is 0.597. The highest BCUT2D eigenvalue weighted by Gasteiger charge is 2.08. The third kappa shape index (κ3) is 1.39. The molecule has 13 heavy (non-hydrogen) atoms. The van der Waals surface area contributed by atoms with Gasteiger partial charge in [0.1, 0.15) is 0 Å². The van der Waals surface area contributed by atoms with Crippen LogP contribution in [-0.4, -0.2) is 0 Å². The van der Waals surface area contributed by atoms with Crippen molar-refractivity contribution in [2.24, 2.45) is 0 Å². The minimum Gasteiger partial charge on any atom is -0.192 e. The number of nitrogens with zero attached hydrogens (tertiary/aromatic N) is 2. The molecule has 0 bridgehead atoms. The molecule has 0 aromatic heterocycles. The van der Waals surface area contributed by atoms with Gasteiger partial charge in [0.25, 0.3) is 0 Å². The van der Waals surface area contributed by atoms with Gasteiger partial charge in [-0.25, -0.2) is 0 Å². The molecular formula is C11H10N2. The maximum absolute atomic E-state index is 8.88. The van der Waals surface area contributed by atoms with E-state index < -0.39 is 0 Å². The summed E-state index contributed by atoms with van der Waals surface area (Å²) in [5, 5.41) is 17.7. The molecule has 0 fully saturated rings. The zero-order valence-electron chi connectivity index (χ0n) is 7.97. The number of nitriles is 2. The fourth-order valence-electron chi connectivity index (χ4n) is 1.33. The molecule has 1 aromatic carbocycles. The van der Waals surface area contributed by atoms with E-state index in [1.807, 2.05) is 26.8 Å². The molecule has 0 aliphatic rings. The van der Waals surface area contributed by atoms with E-state index in [4.69, 9.17) is 10.5 Å². The summed E-state index contributed by atoms with van der Waals surface area (Å²) < 4.78 is 0. The zero-order valence-corrected chi connectivity index (χ0v) is 7.97. The highest BCUT2D eigenvalue weighted by molar-refractivity contribution is 5.54. The van der Waals surface area contributed by atoms with Crippen molar-refractivity contribution < 1.29 is 0 Å². The van der Waals surface area contributed by atoms with Gasteiger partial charge in [0.15, 0.2) is 0 Å². The molecular weight excluding hydrogens is 160 g/mol. The number of benzene rings is 1.